The van der Waals surface area contributed by atoms with Crippen LogP contribution in [0.25, 0.3) is 6.08 Å². The zero-order chi connectivity index (χ0) is 17.6. The molecule has 6 heteroatoms. The molecule has 0 spiro atoms. The molecule has 2 rings (SSSR count). The van der Waals surface area contributed by atoms with Crippen LogP contribution in [-0.4, -0.2) is 27.1 Å². The lowest BCUT2D eigenvalue weighted by molar-refractivity contribution is 0.104. The summed E-state index contributed by atoms with van der Waals surface area (Å²) in [6.45, 7) is 2.42. The fourth-order valence-corrected chi connectivity index (χ4v) is 2.72. The highest BCUT2D eigenvalue weighted by Crippen LogP contribution is 2.21. The second kappa shape index (κ2) is 7.79. The first-order valence-electron chi connectivity index (χ1n) is 7.42. The molecule has 5 nitrogen and oxygen atoms in total. The molecule has 24 heavy (non-hydrogen) atoms. The van der Waals surface area contributed by atoms with Gasteiger partial charge in [-0.1, -0.05) is 30.3 Å². The molecule has 0 aromatic heterocycles. The first kappa shape index (κ1) is 17.7. The second-order valence-corrected chi connectivity index (χ2v) is 6.84. The van der Waals surface area contributed by atoms with Crippen LogP contribution >= 0.6 is 0 Å². The molecule has 0 bridgehead atoms. The summed E-state index contributed by atoms with van der Waals surface area (Å²) in [5, 5.41) is 0. The quantitative estimate of drug-likeness (QED) is 0.617. The van der Waals surface area contributed by atoms with Crippen molar-refractivity contribution in [2.75, 3.05) is 17.6 Å². The molecule has 1 N–H and O–H groups in total. The van der Waals surface area contributed by atoms with Crippen LogP contribution in [0.1, 0.15) is 22.8 Å². The maximum atomic E-state index is 12.4. The Morgan fingerprint density at radius 3 is 2.50 bits per heavy atom. The standard InChI is InChI=1S/C18H19NO4S/c1-3-23-18-11-7-4-8-14(18)12-13-17(20)15-9-5-6-10-16(15)19-24(2,21)22/h4-13,19H,3H2,1-2H3/b13-12+. The minimum atomic E-state index is -3.46. The van der Waals surface area contributed by atoms with E-state index in [1.165, 1.54) is 6.08 Å². The summed E-state index contributed by atoms with van der Waals surface area (Å²) in [5.74, 6) is 0.389. The van der Waals surface area contributed by atoms with E-state index >= 15 is 0 Å². The summed E-state index contributed by atoms with van der Waals surface area (Å²) >= 11 is 0. The van der Waals surface area contributed by atoms with Gasteiger partial charge in [0, 0.05) is 11.1 Å². The molecule has 0 heterocycles. The largest absolute Gasteiger partial charge is 0.493 e. The topological polar surface area (TPSA) is 72.5 Å². The molecule has 126 valence electrons. The summed E-state index contributed by atoms with van der Waals surface area (Å²) in [6, 6.07) is 13.9. The van der Waals surface area contributed by atoms with Gasteiger partial charge in [-0.15, -0.1) is 0 Å². The molecule has 0 unspecified atom stereocenters. The van der Waals surface area contributed by atoms with Crippen LogP contribution in [0.15, 0.2) is 54.6 Å². The van der Waals surface area contributed by atoms with E-state index < -0.39 is 10.0 Å². The number of ketones is 1. The lowest BCUT2D eigenvalue weighted by Crippen LogP contribution is -2.12. The minimum Gasteiger partial charge on any atom is -0.493 e. The van der Waals surface area contributed by atoms with E-state index in [4.69, 9.17) is 4.74 Å². The van der Waals surface area contributed by atoms with Gasteiger partial charge in [0.05, 0.1) is 18.6 Å². The Balaban J connectivity index is 2.28. The van der Waals surface area contributed by atoms with Crippen molar-refractivity contribution in [3.05, 3.63) is 65.7 Å². The van der Waals surface area contributed by atoms with Crippen molar-refractivity contribution in [1.29, 1.82) is 0 Å². The molecular weight excluding hydrogens is 326 g/mol. The number of carbonyl (C=O) groups is 1. The SMILES string of the molecule is CCOc1ccccc1/C=C/C(=O)c1ccccc1NS(C)(=O)=O. The number of benzene rings is 2. The van der Waals surface area contributed by atoms with Crippen LogP contribution in [0, 0.1) is 0 Å². The highest BCUT2D eigenvalue weighted by atomic mass is 32.2. The van der Waals surface area contributed by atoms with E-state index in [2.05, 4.69) is 4.72 Å². The molecule has 0 fully saturated rings. The van der Waals surface area contributed by atoms with E-state index in [9.17, 15) is 13.2 Å². The zero-order valence-corrected chi connectivity index (χ0v) is 14.3. The highest BCUT2D eigenvalue weighted by molar-refractivity contribution is 7.92. The number of rotatable bonds is 7. The van der Waals surface area contributed by atoms with Crippen LogP contribution in [-0.2, 0) is 10.0 Å². The highest BCUT2D eigenvalue weighted by Gasteiger charge is 2.11. The fraction of sp³-hybridized carbons (Fsp3) is 0.167. The summed E-state index contributed by atoms with van der Waals surface area (Å²) < 4.78 is 30.7. The average molecular weight is 345 g/mol. The summed E-state index contributed by atoms with van der Waals surface area (Å²) in [4.78, 5) is 12.4. The molecule has 2 aromatic rings. The lowest BCUT2D eigenvalue weighted by Gasteiger charge is -2.08. The van der Waals surface area contributed by atoms with Crippen LogP contribution in [0.5, 0.6) is 5.75 Å². The number of hydrogen-bond acceptors (Lipinski definition) is 4. The fourth-order valence-electron chi connectivity index (χ4n) is 2.15. The maximum absolute atomic E-state index is 12.4. The van der Waals surface area contributed by atoms with Gasteiger partial charge >= 0.3 is 0 Å². The first-order chi connectivity index (χ1) is 11.4. The Morgan fingerprint density at radius 1 is 1.12 bits per heavy atom. The van der Waals surface area contributed by atoms with Crippen molar-refractivity contribution in [3.63, 3.8) is 0 Å². The van der Waals surface area contributed by atoms with Crippen LogP contribution in [0.3, 0.4) is 0 Å². The van der Waals surface area contributed by atoms with Crippen molar-refractivity contribution in [2.45, 2.75) is 6.92 Å². The number of hydrogen-bond donors (Lipinski definition) is 1. The Kier molecular flexibility index (Phi) is 5.76. The average Bonchev–Trinajstić information content (AvgIpc) is 2.53. The van der Waals surface area contributed by atoms with Crippen LogP contribution in [0.4, 0.5) is 5.69 Å². The molecule has 0 aliphatic rings. The predicted molar refractivity (Wildman–Crippen MR) is 95.9 cm³/mol. The zero-order valence-electron chi connectivity index (χ0n) is 13.5. The summed E-state index contributed by atoms with van der Waals surface area (Å²) in [6.07, 6.45) is 4.10. The van der Waals surface area contributed by atoms with Crippen molar-refractivity contribution in [3.8, 4) is 5.75 Å². The van der Waals surface area contributed by atoms with Crippen molar-refractivity contribution < 1.29 is 17.9 Å². The van der Waals surface area contributed by atoms with Gasteiger partial charge < -0.3 is 4.74 Å². The van der Waals surface area contributed by atoms with Gasteiger partial charge in [-0.25, -0.2) is 8.42 Å². The van der Waals surface area contributed by atoms with Crippen LogP contribution < -0.4 is 9.46 Å². The summed E-state index contributed by atoms with van der Waals surface area (Å²) in [5.41, 5.74) is 1.32. The molecule has 2 aromatic carbocycles. The Labute approximate surface area is 142 Å². The van der Waals surface area contributed by atoms with E-state index in [0.717, 1.165) is 11.8 Å². The summed E-state index contributed by atoms with van der Waals surface area (Å²) in [7, 11) is -3.46. The molecule has 0 atom stereocenters. The second-order valence-electron chi connectivity index (χ2n) is 5.09. The van der Waals surface area contributed by atoms with Gasteiger partial charge in [0.1, 0.15) is 5.75 Å². The van der Waals surface area contributed by atoms with Gasteiger partial charge in [-0.05, 0) is 37.3 Å². The number of sulfonamides is 1. The Bertz CT molecular complexity index is 857. The number of ether oxygens (including phenoxy) is 1. The number of carbonyl (C=O) groups excluding carboxylic acids is 1. The molecule has 0 saturated heterocycles. The van der Waals surface area contributed by atoms with Gasteiger partial charge in [0.25, 0.3) is 0 Å². The first-order valence-corrected chi connectivity index (χ1v) is 9.31. The Morgan fingerprint density at radius 2 is 1.79 bits per heavy atom. The third kappa shape index (κ3) is 4.96. The monoisotopic (exact) mass is 345 g/mol. The molecule has 0 aliphatic heterocycles. The van der Waals surface area contributed by atoms with Crippen molar-refractivity contribution >= 4 is 27.6 Å². The Hall–Kier alpha value is -2.60. The predicted octanol–water partition coefficient (Wildman–Crippen LogP) is 3.35. The molecule has 0 amide bonds. The number of nitrogens with one attached hydrogen (secondary N) is 1. The van der Waals surface area contributed by atoms with E-state index in [1.54, 1.807) is 30.3 Å². The number of para-hydroxylation sites is 2. The lowest BCUT2D eigenvalue weighted by atomic mass is 10.1. The molecule has 0 radical (unpaired) electrons. The van der Waals surface area contributed by atoms with E-state index in [0.29, 0.717) is 12.4 Å². The van der Waals surface area contributed by atoms with Gasteiger partial charge in [-0.3, -0.25) is 9.52 Å². The van der Waals surface area contributed by atoms with Crippen molar-refractivity contribution in [1.82, 2.24) is 0 Å². The smallest absolute Gasteiger partial charge is 0.229 e. The van der Waals surface area contributed by atoms with Gasteiger partial charge in [-0.2, -0.15) is 0 Å². The minimum absolute atomic E-state index is 0.257. The normalized spacial score (nSPS) is 11.4. The van der Waals surface area contributed by atoms with Crippen LogP contribution in [0.2, 0.25) is 0 Å². The molecular formula is C18H19NO4S. The van der Waals surface area contributed by atoms with Gasteiger partial charge in [0.2, 0.25) is 10.0 Å². The maximum Gasteiger partial charge on any atom is 0.229 e. The number of anilines is 1. The third-order valence-electron chi connectivity index (χ3n) is 3.12. The van der Waals surface area contributed by atoms with Crippen molar-refractivity contribution in [2.24, 2.45) is 0 Å². The van der Waals surface area contributed by atoms with Gasteiger partial charge in [0.15, 0.2) is 5.78 Å². The molecule has 0 aliphatic carbocycles. The third-order valence-corrected chi connectivity index (χ3v) is 3.71. The van der Waals surface area contributed by atoms with E-state index in [1.807, 2.05) is 31.2 Å². The number of allylic oxidation sites excluding steroid dienone is 1. The molecule has 0 saturated carbocycles. The van der Waals surface area contributed by atoms with E-state index in [-0.39, 0.29) is 17.0 Å².